The number of hydrogen-bond donors (Lipinski definition) is 1. The zero-order valence-corrected chi connectivity index (χ0v) is 8.51. The Balaban J connectivity index is 2.23. The van der Waals surface area contributed by atoms with Crippen molar-refractivity contribution >= 4 is 23.2 Å². The van der Waals surface area contributed by atoms with E-state index in [1.165, 1.54) is 17.7 Å². The molecule has 0 aliphatic heterocycles. The summed E-state index contributed by atoms with van der Waals surface area (Å²) in [5, 5.41) is 4.32. The van der Waals surface area contributed by atoms with Gasteiger partial charge in [0.1, 0.15) is 5.82 Å². The van der Waals surface area contributed by atoms with Crippen LogP contribution in [0.2, 0.25) is 0 Å². The van der Waals surface area contributed by atoms with Crippen LogP contribution in [0, 0.1) is 0 Å². The first-order valence-corrected chi connectivity index (χ1v) is 4.96. The Hall–Kier alpha value is -1.70. The standard InChI is InChI=1S/C8H5F3N4S/c9-8(10,11)5-3-12-4-7(13-5)14-6-1-2-16-15-6/h1-4H,(H,13,14,15). The maximum atomic E-state index is 12.3. The minimum Gasteiger partial charge on any atom is -0.323 e. The van der Waals surface area contributed by atoms with E-state index in [9.17, 15) is 13.2 Å². The number of nitrogens with zero attached hydrogens (tertiary/aromatic N) is 3. The molecule has 0 aliphatic carbocycles. The quantitative estimate of drug-likeness (QED) is 0.885. The third-order valence-electron chi connectivity index (χ3n) is 1.62. The summed E-state index contributed by atoms with van der Waals surface area (Å²) in [4.78, 5) is 6.85. The number of aromatic nitrogens is 3. The highest BCUT2D eigenvalue weighted by molar-refractivity contribution is 7.03. The molecule has 16 heavy (non-hydrogen) atoms. The van der Waals surface area contributed by atoms with Crippen LogP contribution in [-0.2, 0) is 6.18 Å². The van der Waals surface area contributed by atoms with Crippen LogP contribution in [0.3, 0.4) is 0 Å². The summed E-state index contributed by atoms with van der Waals surface area (Å²) in [5.41, 5.74) is -1.03. The van der Waals surface area contributed by atoms with E-state index in [4.69, 9.17) is 0 Å². The number of halogens is 3. The molecule has 84 valence electrons. The van der Waals surface area contributed by atoms with Gasteiger partial charge < -0.3 is 5.32 Å². The molecule has 4 nitrogen and oxygen atoms in total. The average Bonchev–Trinajstić information content (AvgIpc) is 2.70. The summed E-state index contributed by atoms with van der Waals surface area (Å²) in [7, 11) is 0. The van der Waals surface area contributed by atoms with Crippen molar-refractivity contribution in [3.8, 4) is 0 Å². The molecule has 0 spiro atoms. The molecule has 0 atom stereocenters. The normalized spacial score (nSPS) is 11.4. The van der Waals surface area contributed by atoms with Crippen molar-refractivity contribution in [3.05, 3.63) is 29.5 Å². The Morgan fingerprint density at radius 1 is 1.19 bits per heavy atom. The van der Waals surface area contributed by atoms with Gasteiger partial charge in [-0.25, -0.2) is 4.98 Å². The Bertz CT molecular complexity index is 468. The van der Waals surface area contributed by atoms with Crippen LogP contribution in [0.25, 0.3) is 0 Å². The van der Waals surface area contributed by atoms with Crippen molar-refractivity contribution in [2.75, 3.05) is 5.32 Å². The second-order valence-electron chi connectivity index (χ2n) is 2.80. The number of anilines is 2. The molecule has 2 aromatic rings. The van der Waals surface area contributed by atoms with Crippen LogP contribution < -0.4 is 5.32 Å². The van der Waals surface area contributed by atoms with Gasteiger partial charge >= 0.3 is 6.18 Å². The first-order valence-electron chi connectivity index (χ1n) is 4.12. The fourth-order valence-electron chi connectivity index (χ4n) is 0.971. The molecular formula is C8H5F3N4S. The van der Waals surface area contributed by atoms with E-state index in [-0.39, 0.29) is 5.82 Å². The zero-order valence-electron chi connectivity index (χ0n) is 7.69. The molecule has 0 aromatic carbocycles. The van der Waals surface area contributed by atoms with E-state index in [0.29, 0.717) is 12.0 Å². The molecule has 8 heteroatoms. The number of alkyl halides is 3. The van der Waals surface area contributed by atoms with Crippen LogP contribution in [-0.4, -0.2) is 14.3 Å². The monoisotopic (exact) mass is 246 g/mol. The van der Waals surface area contributed by atoms with E-state index in [0.717, 1.165) is 0 Å². The molecule has 0 saturated heterocycles. The molecule has 0 bridgehead atoms. The van der Waals surface area contributed by atoms with Crippen molar-refractivity contribution in [1.82, 2.24) is 14.3 Å². The van der Waals surface area contributed by atoms with Crippen LogP contribution in [0.4, 0.5) is 24.8 Å². The van der Waals surface area contributed by atoms with Crippen molar-refractivity contribution in [1.29, 1.82) is 0 Å². The van der Waals surface area contributed by atoms with Crippen LogP contribution in [0.5, 0.6) is 0 Å². The van der Waals surface area contributed by atoms with Gasteiger partial charge in [-0.3, -0.25) is 4.98 Å². The van der Waals surface area contributed by atoms with Gasteiger partial charge in [-0.15, -0.1) is 0 Å². The minimum absolute atomic E-state index is 0.0146. The molecule has 2 rings (SSSR count). The van der Waals surface area contributed by atoms with Gasteiger partial charge in [-0.2, -0.15) is 17.5 Å². The molecule has 1 N–H and O–H groups in total. The highest BCUT2D eigenvalue weighted by atomic mass is 32.1. The lowest BCUT2D eigenvalue weighted by Crippen LogP contribution is -2.09. The van der Waals surface area contributed by atoms with Gasteiger partial charge in [0.15, 0.2) is 11.5 Å². The molecule has 0 radical (unpaired) electrons. The van der Waals surface area contributed by atoms with E-state index >= 15 is 0 Å². The van der Waals surface area contributed by atoms with Gasteiger partial charge in [-0.05, 0) is 17.6 Å². The molecule has 0 unspecified atom stereocenters. The molecular weight excluding hydrogens is 241 g/mol. The molecule has 0 fully saturated rings. The van der Waals surface area contributed by atoms with Crippen molar-refractivity contribution in [2.45, 2.75) is 6.18 Å². The third-order valence-corrected chi connectivity index (χ3v) is 2.18. The largest absolute Gasteiger partial charge is 0.434 e. The van der Waals surface area contributed by atoms with Crippen LogP contribution in [0.15, 0.2) is 23.8 Å². The van der Waals surface area contributed by atoms with Crippen molar-refractivity contribution in [2.24, 2.45) is 0 Å². The van der Waals surface area contributed by atoms with Gasteiger partial charge in [0.05, 0.1) is 12.4 Å². The predicted molar refractivity (Wildman–Crippen MR) is 52.4 cm³/mol. The van der Waals surface area contributed by atoms with Crippen LogP contribution >= 0.6 is 11.5 Å². The van der Waals surface area contributed by atoms with Crippen LogP contribution in [0.1, 0.15) is 5.69 Å². The average molecular weight is 246 g/mol. The Morgan fingerprint density at radius 3 is 2.62 bits per heavy atom. The van der Waals surface area contributed by atoms with Gasteiger partial charge in [0, 0.05) is 5.38 Å². The third kappa shape index (κ3) is 2.45. The van der Waals surface area contributed by atoms with Gasteiger partial charge in [0.25, 0.3) is 0 Å². The highest BCUT2D eigenvalue weighted by Gasteiger charge is 2.33. The first kappa shape index (κ1) is 10.8. The maximum Gasteiger partial charge on any atom is 0.434 e. The zero-order chi connectivity index (χ0) is 11.6. The second-order valence-corrected chi connectivity index (χ2v) is 3.46. The topological polar surface area (TPSA) is 50.7 Å². The van der Waals surface area contributed by atoms with E-state index in [1.807, 2.05) is 0 Å². The lowest BCUT2D eigenvalue weighted by molar-refractivity contribution is -0.141. The lowest BCUT2D eigenvalue weighted by atomic mass is 10.4. The number of nitrogens with one attached hydrogen (secondary N) is 1. The number of hydrogen-bond acceptors (Lipinski definition) is 5. The summed E-state index contributed by atoms with van der Waals surface area (Å²) in [6, 6.07) is 1.63. The molecule has 2 aromatic heterocycles. The minimum atomic E-state index is -4.49. The van der Waals surface area contributed by atoms with E-state index in [1.54, 1.807) is 11.4 Å². The summed E-state index contributed by atoms with van der Waals surface area (Å²) < 4.78 is 40.8. The number of rotatable bonds is 2. The summed E-state index contributed by atoms with van der Waals surface area (Å²) in [6.07, 6.45) is -2.62. The fourth-order valence-corrected chi connectivity index (χ4v) is 1.44. The fraction of sp³-hybridized carbons (Fsp3) is 0.125. The highest BCUT2D eigenvalue weighted by Crippen LogP contribution is 2.27. The van der Waals surface area contributed by atoms with E-state index in [2.05, 4.69) is 19.7 Å². The molecule has 0 saturated carbocycles. The van der Waals surface area contributed by atoms with Gasteiger partial charge in [0.2, 0.25) is 0 Å². The summed E-state index contributed by atoms with van der Waals surface area (Å²) in [5.74, 6) is 0.458. The maximum absolute atomic E-state index is 12.3. The summed E-state index contributed by atoms with van der Waals surface area (Å²) in [6.45, 7) is 0. The Morgan fingerprint density at radius 2 is 2.00 bits per heavy atom. The van der Waals surface area contributed by atoms with Crippen molar-refractivity contribution in [3.63, 3.8) is 0 Å². The van der Waals surface area contributed by atoms with E-state index < -0.39 is 11.9 Å². The molecule has 2 heterocycles. The van der Waals surface area contributed by atoms with Gasteiger partial charge in [-0.1, -0.05) is 0 Å². The Kier molecular flexibility index (Phi) is 2.73. The van der Waals surface area contributed by atoms with Crippen molar-refractivity contribution < 1.29 is 13.2 Å². The predicted octanol–water partition coefficient (Wildman–Crippen LogP) is 2.70. The molecule has 0 aliphatic rings. The second kappa shape index (κ2) is 4.05. The smallest absolute Gasteiger partial charge is 0.323 e. The SMILES string of the molecule is FC(F)(F)c1cncc(Nc2ccsn2)n1. The Labute approximate surface area is 92.3 Å². The lowest BCUT2D eigenvalue weighted by Gasteiger charge is -2.06. The molecule has 0 amide bonds. The summed E-state index contributed by atoms with van der Waals surface area (Å²) >= 11 is 1.19. The first-order chi connectivity index (χ1) is 7.55.